The number of likely N-dealkylation sites (tertiary alicyclic amines) is 1. The molecule has 0 spiro atoms. The molecule has 2 atom stereocenters. The van der Waals surface area contributed by atoms with Crippen molar-refractivity contribution in [3.05, 3.63) is 0 Å². The summed E-state index contributed by atoms with van der Waals surface area (Å²) in [6.45, 7) is 6.36. The third-order valence-electron chi connectivity index (χ3n) is 4.62. The average molecular weight is 284 g/mol. The Labute approximate surface area is 119 Å². The lowest BCUT2D eigenvalue weighted by molar-refractivity contribution is -0.144. The van der Waals surface area contributed by atoms with E-state index in [0.717, 1.165) is 26.1 Å². The molecule has 2 rings (SSSR count). The van der Waals surface area contributed by atoms with E-state index in [0.29, 0.717) is 19.0 Å². The van der Waals surface area contributed by atoms with Crippen LogP contribution in [-0.2, 0) is 9.53 Å². The molecule has 2 unspecified atom stereocenters. The number of amides is 2. The van der Waals surface area contributed by atoms with Crippen LogP contribution in [-0.4, -0.2) is 54.4 Å². The largest absolute Gasteiger partial charge is 0.481 e. The van der Waals surface area contributed by atoms with Gasteiger partial charge in [-0.2, -0.15) is 0 Å². The highest BCUT2D eigenvalue weighted by molar-refractivity contribution is 5.76. The molecule has 2 aliphatic rings. The molecular formula is C14H24N2O4. The summed E-state index contributed by atoms with van der Waals surface area (Å²) in [5.74, 6) is -0.614. The number of carboxylic acids is 1. The molecule has 0 aromatic carbocycles. The van der Waals surface area contributed by atoms with Crippen LogP contribution in [0, 0.1) is 17.8 Å². The smallest absolute Gasteiger partial charge is 0.317 e. The highest BCUT2D eigenvalue weighted by Crippen LogP contribution is 2.25. The van der Waals surface area contributed by atoms with Crippen molar-refractivity contribution >= 4 is 12.0 Å². The van der Waals surface area contributed by atoms with Crippen molar-refractivity contribution in [1.29, 1.82) is 0 Å². The number of carbonyl (C=O) groups excluding carboxylic acids is 1. The van der Waals surface area contributed by atoms with E-state index in [2.05, 4.69) is 5.32 Å². The monoisotopic (exact) mass is 284 g/mol. The minimum atomic E-state index is -0.786. The van der Waals surface area contributed by atoms with Crippen LogP contribution in [0.3, 0.4) is 0 Å². The molecule has 0 saturated carbocycles. The Kier molecular flexibility index (Phi) is 4.86. The summed E-state index contributed by atoms with van der Waals surface area (Å²) >= 11 is 0. The molecule has 6 nitrogen and oxygen atoms in total. The molecule has 0 aromatic heterocycles. The van der Waals surface area contributed by atoms with Crippen LogP contribution >= 0.6 is 0 Å². The van der Waals surface area contributed by atoms with Gasteiger partial charge in [0.05, 0.1) is 5.92 Å². The maximum Gasteiger partial charge on any atom is 0.317 e. The fourth-order valence-corrected chi connectivity index (χ4v) is 2.82. The maximum absolute atomic E-state index is 12.1. The predicted molar refractivity (Wildman–Crippen MR) is 73.4 cm³/mol. The van der Waals surface area contributed by atoms with Gasteiger partial charge in [0.15, 0.2) is 0 Å². The normalized spacial score (nSPS) is 23.8. The Morgan fingerprint density at radius 3 is 2.35 bits per heavy atom. The van der Waals surface area contributed by atoms with Crippen LogP contribution in [0.25, 0.3) is 0 Å². The number of rotatable bonds is 4. The molecule has 2 saturated heterocycles. The molecule has 0 bridgehead atoms. The average Bonchev–Trinajstić information content (AvgIpc) is 2.37. The quantitative estimate of drug-likeness (QED) is 0.812. The number of urea groups is 1. The van der Waals surface area contributed by atoms with Crippen molar-refractivity contribution in [2.75, 3.05) is 26.3 Å². The number of hydrogen-bond donors (Lipinski definition) is 2. The number of carboxylic acid groups (broad SMARTS) is 1. The molecule has 6 heteroatoms. The lowest BCUT2D eigenvalue weighted by Gasteiger charge is -2.42. The molecule has 2 N–H and O–H groups in total. The van der Waals surface area contributed by atoms with Crippen molar-refractivity contribution in [2.45, 2.75) is 32.7 Å². The van der Waals surface area contributed by atoms with Gasteiger partial charge in [-0.05, 0) is 25.7 Å². The van der Waals surface area contributed by atoms with E-state index in [9.17, 15) is 9.59 Å². The highest BCUT2D eigenvalue weighted by Gasteiger charge is 2.37. The molecule has 2 fully saturated rings. The molecule has 0 aromatic rings. The third-order valence-corrected chi connectivity index (χ3v) is 4.62. The Hall–Kier alpha value is -1.30. The van der Waals surface area contributed by atoms with E-state index in [1.54, 1.807) is 11.8 Å². The van der Waals surface area contributed by atoms with E-state index in [1.165, 1.54) is 0 Å². The van der Waals surface area contributed by atoms with Gasteiger partial charge in [0.2, 0.25) is 0 Å². The molecule has 2 aliphatic heterocycles. The lowest BCUT2D eigenvalue weighted by atomic mass is 9.87. The minimum Gasteiger partial charge on any atom is -0.481 e. The van der Waals surface area contributed by atoms with E-state index in [-0.39, 0.29) is 23.9 Å². The molecule has 2 heterocycles. The summed E-state index contributed by atoms with van der Waals surface area (Å²) in [4.78, 5) is 24.6. The SMILES string of the molecule is CC(NC(=O)N1CC(C(C)C(=O)O)C1)C1CCOCC1. The fraction of sp³-hybridized carbons (Fsp3) is 0.857. The second-order valence-corrected chi connectivity index (χ2v) is 5.98. The Balaban J connectivity index is 1.72. The summed E-state index contributed by atoms with van der Waals surface area (Å²) < 4.78 is 5.32. The van der Waals surface area contributed by atoms with Gasteiger partial charge in [0.25, 0.3) is 0 Å². The van der Waals surface area contributed by atoms with Gasteiger partial charge in [0, 0.05) is 38.3 Å². The number of ether oxygens (including phenoxy) is 1. The zero-order valence-electron chi connectivity index (χ0n) is 12.2. The first-order valence-corrected chi connectivity index (χ1v) is 7.35. The van der Waals surface area contributed by atoms with Crippen LogP contribution in [0.2, 0.25) is 0 Å². The number of nitrogens with one attached hydrogen (secondary N) is 1. The second-order valence-electron chi connectivity index (χ2n) is 5.98. The van der Waals surface area contributed by atoms with Gasteiger partial charge in [-0.25, -0.2) is 4.79 Å². The van der Waals surface area contributed by atoms with Crippen LogP contribution in [0.15, 0.2) is 0 Å². The standard InChI is InChI=1S/C14H24N2O4/c1-9(13(17)18)12-7-16(8-12)14(19)15-10(2)11-3-5-20-6-4-11/h9-12H,3-8H2,1-2H3,(H,15,19)(H,17,18). The second kappa shape index (κ2) is 6.43. The molecule has 0 aliphatic carbocycles. The molecule has 20 heavy (non-hydrogen) atoms. The summed E-state index contributed by atoms with van der Waals surface area (Å²) in [6, 6.07) is 0.0696. The van der Waals surface area contributed by atoms with Crippen molar-refractivity contribution < 1.29 is 19.4 Å². The topological polar surface area (TPSA) is 78.9 Å². The van der Waals surface area contributed by atoms with Gasteiger partial charge < -0.3 is 20.1 Å². The van der Waals surface area contributed by atoms with Crippen LogP contribution < -0.4 is 5.32 Å². The Morgan fingerprint density at radius 1 is 1.20 bits per heavy atom. The summed E-state index contributed by atoms with van der Waals surface area (Å²) in [7, 11) is 0. The third kappa shape index (κ3) is 3.42. The van der Waals surface area contributed by atoms with Gasteiger partial charge in [-0.15, -0.1) is 0 Å². The lowest BCUT2D eigenvalue weighted by Crippen LogP contribution is -2.58. The summed E-state index contributed by atoms with van der Waals surface area (Å²) in [5.41, 5.74) is 0. The highest BCUT2D eigenvalue weighted by atomic mass is 16.5. The molecular weight excluding hydrogens is 260 g/mol. The van der Waals surface area contributed by atoms with Crippen LogP contribution in [0.1, 0.15) is 26.7 Å². The molecule has 0 radical (unpaired) electrons. The van der Waals surface area contributed by atoms with E-state index in [4.69, 9.17) is 9.84 Å². The number of aliphatic carboxylic acids is 1. The van der Waals surface area contributed by atoms with E-state index in [1.807, 2.05) is 6.92 Å². The Bertz CT molecular complexity index is 362. The number of carbonyl (C=O) groups is 2. The van der Waals surface area contributed by atoms with Crippen molar-refractivity contribution in [3.63, 3.8) is 0 Å². The summed E-state index contributed by atoms with van der Waals surface area (Å²) in [5, 5.41) is 12.0. The first-order valence-electron chi connectivity index (χ1n) is 7.35. The molecule has 114 valence electrons. The van der Waals surface area contributed by atoms with Gasteiger partial charge >= 0.3 is 12.0 Å². The zero-order chi connectivity index (χ0) is 14.7. The fourth-order valence-electron chi connectivity index (χ4n) is 2.82. The first-order chi connectivity index (χ1) is 9.49. The van der Waals surface area contributed by atoms with Gasteiger partial charge in [-0.3, -0.25) is 4.79 Å². The van der Waals surface area contributed by atoms with E-state index < -0.39 is 5.97 Å². The number of nitrogens with zero attached hydrogens (tertiary/aromatic N) is 1. The van der Waals surface area contributed by atoms with Crippen LogP contribution in [0.4, 0.5) is 4.79 Å². The zero-order valence-corrected chi connectivity index (χ0v) is 12.2. The van der Waals surface area contributed by atoms with Gasteiger partial charge in [-0.1, -0.05) is 6.92 Å². The van der Waals surface area contributed by atoms with Crippen LogP contribution in [0.5, 0.6) is 0 Å². The summed E-state index contributed by atoms with van der Waals surface area (Å²) in [6.07, 6.45) is 1.97. The van der Waals surface area contributed by atoms with Crippen molar-refractivity contribution in [3.8, 4) is 0 Å². The predicted octanol–water partition coefficient (Wildman–Crippen LogP) is 1.16. The Morgan fingerprint density at radius 2 is 1.80 bits per heavy atom. The molecule has 2 amide bonds. The van der Waals surface area contributed by atoms with E-state index >= 15 is 0 Å². The first kappa shape index (κ1) is 15.1. The van der Waals surface area contributed by atoms with Gasteiger partial charge in [0.1, 0.15) is 0 Å². The minimum absolute atomic E-state index is 0.0715. The maximum atomic E-state index is 12.1. The van der Waals surface area contributed by atoms with Crippen molar-refractivity contribution in [2.24, 2.45) is 17.8 Å². The number of hydrogen-bond acceptors (Lipinski definition) is 3. The van der Waals surface area contributed by atoms with Crippen molar-refractivity contribution in [1.82, 2.24) is 10.2 Å².